The molecular formula is C17H23N3O2S2. The van der Waals surface area contributed by atoms with Crippen LogP contribution in [-0.4, -0.2) is 40.8 Å². The number of rotatable bonds is 7. The molecule has 1 heterocycles. The molecule has 2 rings (SSSR count). The van der Waals surface area contributed by atoms with Crippen molar-refractivity contribution in [3.05, 3.63) is 52.2 Å². The first-order chi connectivity index (χ1) is 11.5. The number of nitrogens with one attached hydrogen (secondary N) is 2. The monoisotopic (exact) mass is 365 g/mol. The van der Waals surface area contributed by atoms with Gasteiger partial charge in [0.05, 0.1) is 4.90 Å². The van der Waals surface area contributed by atoms with Gasteiger partial charge >= 0.3 is 0 Å². The minimum atomic E-state index is -3.13. The zero-order valence-corrected chi connectivity index (χ0v) is 15.6. The lowest BCUT2D eigenvalue weighted by Crippen LogP contribution is -2.39. The van der Waals surface area contributed by atoms with E-state index in [1.165, 1.54) is 11.1 Å². The standard InChI is InChI=1S/C17H23N3O2S2/c1-18-17(20-12-10-15-4-3-13-23-15)19-11-9-14-5-7-16(8-6-14)24(2,21)22/h3-8,13H,9-12H2,1-2H3,(H2,18,19,20). The maximum atomic E-state index is 11.4. The molecule has 24 heavy (non-hydrogen) atoms. The highest BCUT2D eigenvalue weighted by molar-refractivity contribution is 7.90. The Balaban J connectivity index is 1.73. The van der Waals surface area contributed by atoms with Crippen molar-refractivity contribution in [1.29, 1.82) is 0 Å². The molecule has 7 heteroatoms. The minimum absolute atomic E-state index is 0.352. The highest BCUT2D eigenvalue weighted by atomic mass is 32.2. The van der Waals surface area contributed by atoms with Crippen LogP contribution in [0.3, 0.4) is 0 Å². The van der Waals surface area contributed by atoms with E-state index in [-0.39, 0.29) is 0 Å². The summed E-state index contributed by atoms with van der Waals surface area (Å²) in [7, 11) is -1.38. The van der Waals surface area contributed by atoms with E-state index in [0.29, 0.717) is 4.90 Å². The van der Waals surface area contributed by atoms with Gasteiger partial charge in [0.1, 0.15) is 0 Å². The average molecular weight is 366 g/mol. The quantitative estimate of drug-likeness (QED) is 0.582. The van der Waals surface area contributed by atoms with Gasteiger partial charge in [0.25, 0.3) is 0 Å². The van der Waals surface area contributed by atoms with Crippen LogP contribution in [0.25, 0.3) is 0 Å². The van der Waals surface area contributed by atoms with Crippen molar-refractivity contribution in [1.82, 2.24) is 10.6 Å². The molecule has 0 radical (unpaired) electrons. The zero-order chi connectivity index (χ0) is 17.4. The van der Waals surface area contributed by atoms with Crippen LogP contribution in [0.1, 0.15) is 10.4 Å². The highest BCUT2D eigenvalue weighted by Gasteiger charge is 2.06. The van der Waals surface area contributed by atoms with E-state index in [4.69, 9.17) is 0 Å². The van der Waals surface area contributed by atoms with Gasteiger partial charge in [-0.3, -0.25) is 4.99 Å². The van der Waals surface area contributed by atoms with Crippen molar-refractivity contribution in [3.8, 4) is 0 Å². The number of hydrogen-bond donors (Lipinski definition) is 2. The molecule has 0 amide bonds. The van der Waals surface area contributed by atoms with Crippen LogP contribution in [0, 0.1) is 0 Å². The molecule has 0 bridgehead atoms. The summed E-state index contributed by atoms with van der Waals surface area (Å²) in [5.41, 5.74) is 1.09. The molecule has 0 aliphatic rings. The van der Waals surface area contributed by atoms with E-state index in [0.717, 1.165) is 37.5 Å². The van der Waals surface area contributed by atoms with Crippen LogP contribution in [0.4, 0.5) is 0 Å². The Hall–Kier alpha value is -1.86. The molecule has 1 aromatic carbocycles. The Morgan fingerprint density at radius 3 is 2.29 bits per heavy atom. The molecule has 0 unspecified atom stereocenters. The van der Waals surface area contributed by atoms with E-state index in [1.807, 2.05) is 12.1 Å². The van der Waals surface area contributed by atoms with Crippen molar-refractivity contribution >= 4 is 27.1 Å². The lowest BCUT2D eigenvalue weighted by Gasteiger charge is -2.11. The fraction of sp³-hybridized carbons (Fsp3) is 0.353. The maximum Gasteiger partial charge on any atom is 0.190 e. The number of thiophene rings is 1. The molecule has 130 valence electrons. The first-order valence-electron chi connectivity index (χ1n) is 7.75. The van der Waals surface area contributed by atoms with Crippen LogP contribution in [0.5, 0.6) is 0 Å². The van der Waals surface area contributed by atoms with Crippen LogP contribution in [0.15, 0.2) is 51.7 Å². The van der Waals surface area contributed by atoms with Gasteiger partial charge in [0.15, 0.2) is 15.8 Å². The predicted octanol–water partition coefficient (Wildman–Crippen LogP) is 2.10. The molecule has 1 aromatic heterocycles. The summed E-state index contributed by atoms with van der Waals surface area (Å²) in [6.07, 6.45) is 3.00. The zero-order valence-electron chi connectivity index (χ0n) is 14.0. The lowest BCUT2D eigenvalue weighted by molar-refractivity contribution is 0.602. The van der Waals surface area contributed by atoms with Gasteiger partial charge in [0, 0.05) is 31.3 Å². The molecule has 0 aliphatic carbocycles. The van der Waals surface area contributed by atoms with Crippen molar-refractivity contribution < 1.29 is 8.42 Å². The molecule has 2 N–H and O–H groups in total. The number of benzene rings is 1. The second-order valence-corrected chi connectivity index (χ2v) is 8.47. The molecule has 2 aromatic rings. The third-order valence-electron chi connectivity index (χ3n) is 3.53. The van der Waals surface area contributed by atoms with Gasteiger partial charge in [-0.2, -0.15) is 0 Å². The predicted molar refractivity (Wildman–Crippen MR) is 101 cm³/mol. The van der Waals surface area contributed by atoms with E-state index >= 15 is 0 Å². The number of aliphatic imine (C=N–C) groups is 1. The summed E-state index contributed by atoms with van der Waals surface area (Å²) in [5, 5.41) is 8.64. The van der Waals surface area contributed by atoms with Gasteiger partial charge in [-0.25, -0.2) is 8.42 Å². The summed E-state index contributed by atoms with van der Waals surface area (Å²) >= 11 is 1.76. The van der Waals surface area contributed by atoms with Crippen molar-refractivity contribution in [2.75, 3.05) is 26.4 Å². The molecule has 5 nitrogen and oxygen atoms in total. The van der Waals surface area contributed by atoms with Crippen LogP contribution < -0.4 is 10.6 Å². The number of guanidine groups is 1. The minimum Gasteiger partial charge on any atom is -0.356 e. The van der Waals surface area contributed by atoms with Crippen molar-refractivity contribution in [2.45, 2.75) is 17.7 Å². The topological polar surface area (TPSA) is 70.6 Å². The van der Waals surface area contributed by atoms with Gasteiger partial charge in [0.2, 0.25) is 0 Å². The highest BCUT2D eigenvalue weighted by Crippen LogP contribution is 2.10. The summed E-state index contributed by atoms with van der Waals surface area (Å²) < 4.78 is 22.9. The maximum absolute atomic E-state index is 11.4. The van der Waals surface area contributed by atoms with Crippen LogP contribution in [-0.2, 0) is 22.7 Å². The van der Waals surface area contributed by atoms with E-state index in [9.17, 15) is 8.42 Å². The molecule has 0 fully saturated rings. The molecule has 0 aliphatic heterocycles. The van der Waals surface area contributed by atoms with Crippen LogP contribution in [0.2, 0.25) is 0 Å². The fourth-order valence-corrected chi connectivity index (χ4v) is 3.55. The Kier molecular flexibility index (Phi) is 6.81. The first kappa shape index (κ1) is 18.5. The normalized spacial score (nSPS) is 12.2. The Labute approximate surface area is 147 Å². The van der Waals surface area contributed by atoms with Crippen molar-refractivity contribution in [3.63, 3.8) is 0 Å². The van der Waals surface area contributed by atoms with E-state index in [1.54, 1.807) is 30.5 Å². The SMILES string of the molecule is CN=C(NCCc1ccc(S(C)(=O)=O)cc1)NCCc1cccs1. The number of nitrogens with zero attached hydrogens (tertiary/aromatic N) is 1. The summed E-state index contributed by atoms with van der Waals surface area (Å²) in [4.78, 5) is 5.91. The lowest BCUT2D eigenvalue weighted by atomic mass is 10.1. The van der Waals surface area contributed by atoms with Crippen molar-refractivity contribution in [2.24, 2.45) is 4.99 Å². The molecular weight excluding hydrogens is 342 g/mol. The Bertz CT molecular complexity index is 752. The number of sulfone groups is 1. The smallest absolute Gasteiger partial charge is 0.190 e. The summed E-state index contributed by atoms with van der Waals surface area (Å²) in [5.74, 6) is 0.777. The Morgan fingerprint density at radius 1 is 1.08 bits per heavy atom. The average Bonchev–Trinajstić information content (AvgIpc) is 3.06. The fourth-order valence-electron chi connectivity index (χ4n) is 2.21. The first-order valence-corrected chi connectivity index (χ1v) is 10.5. The largest absolute Gasteiger partial charge is 0.356 e. The third-order valence-corrected chi connectivity index (χ3v) is 5.59. The molecule has 0 saturated heterocycles. The van der Waals surface area contributed by atoms with Gasteiger partial charge in [-0.15, -0.1) is 11.3 Å². The van der Waals surface area contributed by atoms with Gasteiger partial charge in [-0.1, -0.05) is 18.2 Å². The van der Waals surface area contributed by atoms with Gasteiger partial charge in [-0.05, 0) is 42.0 Å². The van der Waals surface area contributed by atoms with Gasteiger partial charge < -0.3 is 10.6 Å². The van der Waals surface area contributed by atoms with E-state index < -0.39 is 9.84 Å². The molecule has 0 spiro atoms. The second-order valence-electron chi connectivity index (χ2n) is 5.42. The molecule has 0 atom stereocenters. The summed E-state index contributed by atoms with van der Waals surface area (Å²) in [6, 6.07) is 11.2. The van der Waals surface area contributed by atoms with Crippen LogP contribution >= 0.6 is 11.3 Å². The third kappa shape index (κ3) is 5.98. The van der Waals surface area contributed by atoms with E-state index in [2.05, 4.69) is 33.1 Å². The molecule has 0 saturated carbocycles. The number of hydrogen-bond acceptors (Lipinski definition) is 4. The Morgan fingerprint density at radius 2 is 1.75 bits per heavy atom. The summed E-state index contributed by atoms with van der Waals surface area (Å²) in [6.45, 7) is 1.57. The second kappa shape index (κ2) is 8.84.